The number of rotatable bonds is 6. The van der Waals surface area contributed by atoms with Gasteiger partial charge in [-0.1, -0.05) is 18.5 Å². The SMILES string of the molecule is CCCCS(=O)Cc1cc(C(=O)O)no1. The number of aromatic carboxylic acids is 1. The first-order valence-electron chi connectivity index (χ1n) is 4.67. The van der Waals surface area contributed by atoms with Crippen LogP contribution >= 0.6 is 0 Å². The molecule has 0 aliphatic carbocycles. The average molecular weight is 231 g/mol. The fourth-order valence-electron chi connectivity index (χ4n) is 1.02. The third-order valence-electron chi connectivity index (χ3n) is 1.81. The van der Waals surface area contributed by atoms with Gasteiger partial charge in [-0.25, -0.2) is 4.79 Å². The Labute approximate surface area is 89.9 Å². The van der Waals surface area contributed by atoms with E-state index in [0.29, 0.717) is 11.5 Å². The van der Waals surface area contributed by atoms with Crippen LogP contribution in [-0.2, 0) is 16.6 Å². The van der Waals surface area contributed by atoms with Crippen LogP contribution in [0.25, 0.3) is 0 Å². The second-order valence-corrected chi connectivity index (χ2v) is 4.70. The standard InChI is InChI=1S/C9H13NO4S/c1-2-3-4-15(13)6-7-5-8(9(11)12)10-14-7/h5H,2-4,6H2,1H3,(H,11,12). The molecule has 84 valence electrons. The van der Waals surface area contributed by atoms with Crippen LogP contribution in [0.1, 0.15) is 36.0 Å². The van der Waals surface area contributed by atoms with Crippen molar-refractivity contribution in [3.8, 4) is 0 Å². The normalized spacial score (nSPS) is 12.6. The highest BCUT2D eigenvalue weighted by molar-refractivity contribution is 7.84. The van der Waals surface area contributed by atoms with Crippen molar-refractivity contribution < 1.29 is 18.6 Å². The van der Waals surface area contributed by atoms with Crippen LogP contribution in [0.4, 0.5) is 0 Å². The molecule has 1 rings (SSSR count). The van der Waals surface area contributed by atoms with E-state index in [-0.39, 0.29) is 11.4 Å². The van der Waals surface area contributed by atoms with E-state index in [1.165, 1.54) is 6.07 Å². The fourth-order valence-corrected chi connectivity index (χ4v) is 2.23. The van der Waals surface area contributed by atoms with E-state index >= 15 is 0 Å². The summed E-state index contributed by atoms with van der Waals surface area (Å²) in [5.74, 6) is 0.0750. The molecule has 1 unspecified atom stereocenters. The van der Waals surface area contributed by atoms with E-state index in [9.17, 15) is 9.00 Å². The lowest BCUT2D eigenvalue weighted by molar-refractivity contribution is 0.0685. The monoisotopic (exact) mass is 231 g/mol. The Morgan fingerprint density at radius 1 is 1.67 bits per heavy atom. The molecule has 0 saturated heterocycles. The number of nitrogens with zero attached hydrogens (tertiary/aromatic N) is 1. The van der Waals surface area contributed by atoms with E-state index in [1.807, 2.05) is 6.92 Å². The molecule has 0 spiro atoms. The van der Waals surface area contributed by atoms with Gasteiger partial charge in [0, 0.05) is 22.6 Å². The van der Waals surface area contributed by atoms with Gasteiger partial charge < -0.3 is 9.63 Å². The molecule has 15 heavy (non-hydrogen) atoms. The summed E-state index contributed by atoms with van der Waals surface area (Å²) >= 11 is 0. The molecule has 1 heterocycles. The molecule has 0 aromatic carbocycles. The predicted octanol–water partition coefficient (Wildman–Crippen LogP) is 1.42. The molecule has 0 saturated carbocycles. The highest BCUT2D eigenvalue weighted by Crippen LogP contribution is 2.07. The summed E-state index contributed by atoms with van der Waals surface area (Å²) in [6, 6.07) is 1.31. The minimum atomic E-state index is -1.13. The lowest BCUT2D eigenvalue weighted by Gasteiger charge is -1.96. The van der Waals surface area contributed by atoms with Gasteiger partial charge in [0.2, 0.25) is 0 Å². The third-order valence-corrected chi connectivity index (χ3v) is 3.16. The third kappa shape index (κ3) is 3.83. The van der Waals surface area contributed by atoms with Crippen LogP contribution < -0.4 is 0 Å². The Bertz CT molecular complexity index is 361. The van der Waals surface area contributed by atoms with Crippen molar-refractivity contribution in [1.82, 2.24) is 5.16 Å². The molecule has 1 atom stereocenters. The maximum absolute atomic E-state index is 11.4. The second-order valence-electron chi connectivity index (χ2n) is 3.13. The maximum Gasteiger partial charge on any atom is 0.358 e. The maximum atomic E-state index is 11.4. The van der Waals surface area contributed by atoms with Crippen molar-refractivity contribution in [2.75, 3.05) is 5.75 Å². The molecule has 5 nitrogen and oxygen atoms in total. The molecule has 0 fully saturated rings. The highest BCUT2D eigenvalue weighted by Gasteiger charge is 2.12. The van der Waals surface area contributed by atoms with Crippen LogP contribution in [0.15, 0.2) is 10.6 Å². The molecule has 0 bridgehead atoms. The van der Waals surface area contributed by atoms with Gasteiger partial charge in [0.1, 0.15) is 5.76 Å². The van der Waals surface area contributed by atoms with Crippen LogP contribution in [-0.4, -0.2) is 26.2 Å². The molecule has 0 amide bonds. The number of hydrogen-bond acceptors (Lipinski definition) is 4. The number of unbranched alkanes of at least 4 members (excludes halogenated alkanes) is 1. The Morgan fingerprint density at radius 2 is 2.40 bits per heavy atom. The summed E-state index contributed by atoms with van der Waals surface area (Å²) in [4.78, 5) is 10.5. The number of carboxylic acids is 1. The smallest absolute Gasteiger partial charge is 0.358 e. The van der Waals surface area contributed by atoms with Gasteiger partial charge in [-0.05, 0) is 6.42 Å². The summed E-state index contributed by atoms with van der Waals surface area (Å²) in [7, 11) is -0.997. The van der Waals surface area contributed by atoms with Crippen molar-refractivity contribution in [3.63, 3.8) is 0 Å². The lowest BCUT2D eigenvalue weighted by Crippen LogP contribution is -2.00. The summed E-state index contributed by atoms with van der Waals surface area (Å²) in [6.45, 7) is 2.02. The van der Waals surface area contributed by atoms with E-state index in [2.05, 4.69) is 5.16 Å². The Hall–Kier alpha value is -1.17. The van der Waals surface area contributed by atoms with E-state index in [4.69, 9.17) is 9.63 Å². The number of carbonyl (C=O) groups is 1. The first-order chi connectivity index (χ1) is 7.13. The highest BCUT2D eigenvalue weighted by atomic mass is 32.2. The van der Waals surface area contributed by atoms with Crippen LogP contribution in [0.5, 0.6) is 0 Å². The van der Waals surface area contributed by atoms with Gasteiger partial charge in [-0.2, -0.15) is 0 Å². The molecule has 0 aliphatic rings. The Morgan fingerprint density at radius 3 is 2.93 bits per heavy atom. The Balaban J connectivity index is 2.50. The van der Waals surface area contributed by atoms with Crippen LogP contribution in [0, 0.1) is 0 Å². The zero-order valence-corrected chi connectivity index (χ0v) is 9.25. The van der Waals surface area contributed by atoms with E-state index < -0.39 is 16.8 Å². The summed E-state index contributed by atoms with van der Waals surface area (Å²) < 4.78 is 16.2. The van der Waals surface area contributed by atoms with Crippen molar-refractivity contribution in [1.29, 1.82) is 0 Å². The van der Waals surface area contributed by atoms with Crippen molar-refractivity contribution in [2.45, 2.75) is 25.5 Å². The minimum Gasteiger partial charge on any atom is -0.476 e. The first-order valence-corrected chi connectivity index (χ1v) is 6.16. The van der Waals surface area contributed by atoms with Gasteiger partial charge in [0.05, 0.1) is 5.75 Å². The summed E-state index contributed by atoms with van der Waals surface area (Å²) in [5, 5.41) is 11.9. The van der Waals surface area contributed by atoms with Crippen molar-refractivity contribution >= 4 is 16.8 Å². The summed E-state index contributed by atoms with van der Waals surface area (Å²) in [6.07, 6.45) is 1.88. The zero-order valence-electron chi connectivity index (χ0n) is 8.43. The zero-order chi connectivity index (χ0) is 11.3. The molecule has 1 N–H and O–H groups in total. The number of hydrogen-bond donors (Lipinski definition) is 1. The van der Waals surface area contributed by atoms with Gasteiger partial charge in [0.15, 0.2) is 5.69 Å². The second kappa shape index (κ2) is 5.65. The van der Waals surface area contributed by atoms with Crippen LogP contribution in [0.2, 0.25) is 0 Å². The van der Waals surface area contributed by atoms with Crippen LogP contribution in [0.3, 0.4) is 0 Å². The molecule has 1 aromatic heterocycles. The van der Waals surface area contributed by atoms with Crippen molar-refractivity contribution in [2.24, 2.45) is 0 Å². The molecular weight excluding hydrogens is 218 g/mol. The number of aromatic nitrogens is 1. The number of carboxylic acid groups (broad SMARTS) is 1. The molecule has 1 aromatic rings. The average Bonchev–Trinajstić information content (AvgIpc) is 2.63. The summed E-state index contributed by atoms with van der Waals surface area (Å²) in [5.41, 5.74) is -0.141. The molecule has 0 radical (unpaired) electrons. The topological polar surface area (TPSA) is 80.4 Å². The van der Waals surface area contributed by atoms with Gasteiger partial charge in [-0.3, -0.25) is 4.21 Å². The fraction of sp³-hybridized carbons (Fsp3) is 0.556. The minimum absolute atomic E-state index is 0.141. The molecular formula is C9H13NO4S. The van der Waals surface area contributed by atoms with Gasteiger partial charge >= 0.3 is 5.97 Å². The Kier molecular flexibility index (Phi) is 4.48. The van der Waals surface area contributed by atoms with E-state index in [0.717, 1.165) is 12.8 Å². The lowest BCUT2D eigenvalue weighted by atomic mass is 10.4. The predicted molar refractivity (Wildman–Crippen MR) is 55.1 cm³/mol. The van der Waals surface area contributed by atoms with Gasteiger partial charge in [-0.15, -0.1) is 0 Å². The van der Waals surface area contributed by atoms with E-state index in [1.54, 1.807) is 0 Å². The largest absolute Gasteiger partial charge is 0.476 e. The van der Waals surface area contributed by atoms with Crippen molar-refractivity contribution in [3.05, 3.63) is 17.5 Å². The van der Waals surface area contributed by atoms with Gasteiger partial charge in [0.25, 0.3) is 0 Å². The molecule has 6 heteroatoms. The first kappa shape index (κ1) is 11.9. The quantitative estimate of drug-likeness (QED) is 0.800. The molecule has 0 aliphatic heterocycles.